The minimum Gasteiger partial charge on any atom is -0.507 e. The molecule has 6 rings (SSSR count). The summed E-state index contributed by atoms with van der Waals surface area (Å²) >= 11 is 15.0. The molecule has 0 radical (unpaired) electrons. The smallest absolute Gasteiger partial charge is 0.301 e. The lowest BCUT2D eigenvalue weighted by Crippen LogP contribution is -2.29. The van der Waals surface area contributed by atoms with Crippen molar-refractivity contribution in [2.45, 2.75) is 62.8 Å². The molecular formula is C36H35Cl2N3O6S2. The Morgan fingerprint density at radius 3 is 2.65 bits per heavy atom. The van der Waals surface area contributed by atoms with Crippen LogP contribution in [0, 0.1) is 5.92 Å². The zero-order valence-corrected chi connectivity index (χ0v) is 30.5. The summed E-state index contributed by atoms with van der Waals surface area (Å²) in [7, 11) is 0. The van der Waals surface area contributed by atoms with E-state index in [0.29, 0.717) is 68.3 Å². The van der Waals surface area contributed by atoms with Crippen LogP contribution in [0.4, 0.5) is 5.13 Å². The maximum atomic E-state index is 13.9. The Kier molecular flexibility index (Phi) is 10.7. The molecule has 0 saturated carbocycles. The standard InChI is InChI=1S/C36H35Cl2N3O6S2/c1-5-45-29-16-21(7-11-28(29)46-13-12-19(2)3)31-30(32(42)22-8-10-27-24(15-22)14-20(4)47-27)33(43)34(44)41(31)35-39-40-36(49-35)48-18-23-6-9-25(37)17-26(23)38/h6-11,15-17,19-20,31,42H,5,12-14,18H2,1-4H3/t20-,31+/m1/s1. The van der Waals surface area contributed by atoms with Gasteiger partial charge in [-0.15, -0.1) is 10.2 Å². The van der Waals surface area contributed by atoms with Gasteiger partial charge in [0.2, 0.25) is 5.13 Å². The van der Waals surface area contributed by atoms with Gasteiger partial charge in [0.25, 0.3) is 5.78 Å². The first-order chi connectivity index (χ1) is 23.5. The number of Topliss-reactive ketones (excluding diaryl/α,β-unsaturated/α-hetero) is 1. The van der Waals surface area contributed by atoms with Gasteiger partial charge in [0.05, 0.1) is 24.8 Å². The molecule has 1 amide bonds. The van der Waals surface area contributed by atoms with Gasteiger partial charge in [-0.2, -0.15) is 0 Å². The number of aromatic nitrogens is 2. The highest BCUT2D eigenvalue weighted by Crippen LogP contribution is 2.46. The molecule has 1 aromatic heterocycles. The molecule has 9 nitrogen and oxygen atoms in total. The summed E-state index contributed by atoms with van der Waals surface area (Å²) in [5.41, 5.74) is 2.66. The number of benzene rings is 3. The maximum Gasteiger partial charge on any atom is 0.301 e. The first-order valence-electron chi connectivity index (χ1n) is 15.9. The Morgan fingerprint density at radius 1 is 1.08 bits per heavy atom. The Morgan fingerprint density at radius 2 is 1.90 bits per heavy atom. The third-order valence-corrected chi connectivity index (χ3v) is 10.8. The molecule has 1 fully saturated rings. The number of hydrogen-bond donors (Lipinski definition) is 1. The van der Waals surface area contributed by atoms with Gasteiger partial charge in [-0.25, -0.2) is 0 Å². The number of fused-ring (bicyclic) bond motifs is 1. The first-order valence-corrected chi connectivity index (χ1v) is 18.5. The highest BCUT2D eigenvalue weighted by atomic mass is 35.5. The fraction of sp³-hybridized carbons (Fsp3) is 0.333. The van der Waals surface area contributed by atoms with Gasteiger partial charge >= 0.3 is 5.91 Å². The molecule has 0 aliphatic carbocycles. The molecule has 1 saturated heterocycles. The number of nitrogens with zero attached hydrogens (tertiary/aromatic N) is 3. The van der Waals surface area contributed by atoms with E-state index in [4.69, 9.17) is 37.4 Å². The van der Waals surface area contributed by atoms with E-state index in [1.54, 1.807) is 48.5 Å². The minimum absolute atomic E-state index is 0.00331. The Balaban J connectivity index is 1.40. The predicted molar refractivity (Wildman–Crippen MR) is 194 cm³/mol. The Bertz CT molecular complexity index is 1930. The molecule has 1 N–H and O–H groups in total. The maximum absolute atomic E-state index is 13.9. The van der Waals surface area contributed by atoms with E-state index in [0.717, 1.165) is 23.3 Å². The molecule has 0 unspecified atom stereocenters. The number of ether oxygens (including phenoxy) is 3. The number of aliphatic hydroxyl groups excluding tert-OH is 1. The normalized spacial score (nSPS) is 18.2. The van der Waals surface area contributed by atoms with E-state index in [9.17, 15) is 14.7 Å². The summed E-state index contributed by atoms with van der Waals surface area (Å²) in [6.45, 7) is 8.95. The summed E-state index contributed by atoms with van der Waals surface area (Å²) in [5.74, 6) is 0.742. The molecule has 3 heterocycles. The number of rotatable bonds is 12. The van der Waals surface area contributed by atoms with E-state index in [-0.39, 0.29) is 22.6 Å². The van der Waals surface area contributed by atoms with Crippen molar-refractivity contribution in [3.05, 3.63) is 92.5 Å². The van der Waals surface area contributed by atoms with Gasteiger partial charge in [-0.1, -0.05) is 72.3 Å². The van der Waals surface area contributed by atoms with Crippen LogP contribution in [0.3, 0.4) is 0 Å². The van der Waals surface area contributed by atoms with Gasteiger partial charge < -0.3 is 19.3 Å². The number of carbonyl (C=O) groups is 2. The zero-order chi connectivity index (χ0) is 34.8. The van der Waals surface area contributed by atoms with Crippen molar-refractivity contribution >= 4 is 68.9 Å². The van der Waals surface area contributed by atoms with Crippen LogP contribution in [0.15, 0.2) is 64.5 Å². The van der Waals surface area contributed by atoms with E-state index >= 15 is 0 Å². The van der Waals surface area contributed by atoms with Crippen molar-refractivity contribution in [1.82, 2.24) is 10.2 Å². The molecule has 2 atom stereocenters. The van der Waals surface area contributed by atoms with Gasteiger partial charge in [0, 0.05) is 27.8 Å². The van der Waals surface area contributed by atoms with E-state index in [1.165, 1.54) is 28.0 Å². The number of anilines is 1. The third-order valence-electron chi connectivity index (χ3n) is 8.12. The number of thioether (sulfide) groups is 1. The molecular weight excluding hydrogens is 705 g/mol. The SMILES string of the molecule is CCOc1cc([C@H]2C(=C(O)c3ccc4c(c3)C[C@@H](C)O4)C(=O)C(=O)N2c2nnc(SCc3ccc(Cl)cc3Cl)s2)ccc1OCCC(C)C. The second-order valence-corrected chi connectivity index (χ2v) is 15.2. The molecule has 3 aromatic carbocycles. The largest absolute Gasteiger partial charge is 0.507 e. The van der Waals surface area contributed by atoms with Gasteiger partial charge in [0.1, 0.15) is 17.6 Å². The molecule has 49 heavy (non-hydrogen) atoms. The lowest BCUT2D eigenvalue weighted by Gasteiger charge is -2.24. The van der Waals surface area contributed by atoms with Crippen LogP contribution >= 0.6 is 46.3 Å². The minimum atomic E-state index is -1.02. The molecule has 256 valence electrons. The second-order valence-electron chi connectivity index (χ2n) is 12.2. The van der Waals surface area contributed by atoms with Crippen LogP contribution in [0.5, 0.6) is 17.2 Å². The van der Waals surface area contributed by atoms with Crippen LogP contribution in [0.2, 0.25) is 10.0 Å². The van der Waals surface area contributed by atoms with Gasteiger partial charge in [-0.05, 0) is 85.3 Å². The number of hydrogen-bond acceptors (Lipinski definition) is 10. The number of ketones is 1. The summed E-state index contributed by atoms with van der Waals surface area (Å²) in [4.78, 5) is 29.0. The number of aliphatic hydroxyl groups is 1. The third kappa shape index (κ3) is 7.55. The number of halogens is 2. The zero-order valence-electron chi connectivity index (χ0n) is 27.4. The fourth-order valence-corrected chi connectivity index (χ4v) is 8.12. The fourth-order valence-electron chi connectivity index (χ4n) is 5.69. The van der Waals surface area contributed by atoms with Crippen molar-refractivity contribution in [3.8, 4) is 17.2 Å². The average Bonchev–Trinajstić information content (AvgIpc) is 3.75. The van der Waals surface area contributed by atoms with Crippen LogP contribution in [0.1, 0.15) is 62.4 Å². The topological polar surface area (TPSA) is 111 Å². The first kappa shape index (κ1) is 35.1. The van der Waals surface area contributed by atoms with Crippen molar-refractivity contribution in [3.63, 3.8) is 0 Å². The molecule has 0 bridgehead atoms. The summed E-state index contributed by atoms with van der Waals surface area (Å²) < 4.78 is 18.4. The van der Waals surface area contributed by atoms with E-state index < -0.39 is 17.7 Å². The lowest BCUT2D eigenvalue weighted by atomic mass is 9.94. The quantitative estimate of drug-likeness (QED) is 0.0501. The van der Waals surface area contributed by atoms with Gasteiger partial charge in [-0.3, -0.25) is 14.5 Å². The highest BCUT2D eigenvalue weighted by molar-refractivity contribution is 8.00. The van der Waals surface area contributed by atoms with Gasteiger partial charge in [0.15, 0.2) is 15.8 Å². The number of amides is 1. The van der Waals surface area contributed by atoms with Crippen LogP contribution in [0.25, 0.3) is 5.76 Å². The Labute approximate surface area is 303 Å². The Hall–Kier alpha value is -3.77. The summed E-state index contributed by atoms with van der Waals surface area (Å²) in [5, 5.41) is 21.7. The summed E-state index contributed by atoms with van der Waals surface area (Å²) in [6, 6.07) is 14.8. The van der Waals surface area contributed by atoms with E-state index in [1.807, 2.05) is 19.9 Å². The van der Waals surface area contributed by atoms with Crippen LogP contribution in [-0.4, -0.2) is 46.3 Å². The predicted octanol–water partition coefficient (Wildman–Crippen LogP) is 8.91. The summed E-state index contributed by atoms with van der Waals surface area (Å²) in [6.07, 6.45) is 1.52. The second kappa shape index (κ2) is 15.0. The van der Waals surface area contributed by atoms with Crippen LogP contribution < -0.4 is 19.1 Å². The monoisotopic (exact) mass is 739 g/mol. The molecule has 2 aliphatic rings. The molecule has 4 aromatic rings. The number of carbonyl (C=O) groups excluding carboxylic acids is 2. The van der Waals surface area contributed by atoms with Crippen molar-refractivity contribution in [2.24, 2.45) is 5.92 Å². The molecule has 2 aliphatic heterocycles. The van der Waals surface area contributed by atoms with Crippen LogP contribution in [-0.2, 0) is 21.8 Å². The average molecular weight is 741 g/mol. The highest BCUT2D eigenvalue weighted by Gasteiger charge is 2.48. The van der Waals surface area contributed by atoms with E-state index in [2.05, 4.69) is 24.0 Å². The van der Waals surface area contributed by atoms with Crippen molar-refractivity contribution in [1.29, 1.82) is 0 Å². The lowest BCUT2D eigenvalue weighted by molar-refractivity contribution is -0.132. The van der Waals surface area contributed by atoms with Crippen molar-refractivity contribution < 1.29 is 28.9 Å². The molecule has 13 heteroatoms. The molecule has 0 spiro atoms. The van der Waals surface area contributed by atoms with Crippen molar-refractivity contribution in [2.75, 3.05) is 18.1 Å².